The molecule has 1 aromatic heterocycles. The van der Waals surface area contributed by atoms with Crippen molar-refractivity contribution >= 4 is 21.7 Å². The van der Waals surface area contributed by atoms with Gasteiger partial charge in [0.1, 0.15) is 6.61 Å². The van der Waals surface area contributed by atoms with Gasteiger partial charge in [0.15, 0.2) is 15.9 Å². The Morgan fingerprint density at radius 2 is 2.15 bits per heavy atom. The SMILES string of the molecule is CC(C)S(=O)(=O)CCNC(=O)[C@H]1OCC(=O)N(C2CC2)[C@@H]1c1cccnc1. The van der Waals surface area contributed by atoms with E-state index >= 15 is 0 Å². The zero-order valence-electron chi connectivity index (χ0n) is 15.5. The minimum atomic E-state index is -3.24. The number of nitrogens with one attached hydrogen (secondary N) is 1. The quantitative estimate of drug-likeness (QED) is 0.719. The number of aromatic nitrogens is 1. The van der Waals surface area contributed by atoms with Gasteiger partial charge in [0.2, 0.25) is 5.91 Å². The Labute approximate surface area is 159 Å². The molecular formula is C18H25N3O5S. The molecule has 1 N–H and O–H groups in total. The van der Waals surface area contributed by atoms with Gasteiger partial charge in [-0.1, -0.05) is 6.07 Å². The molecule has 2 fully saturated rings. The first-order chi connectivity index (χ1) is 12.8. The zero-order valence-corrected chi connectivity index (χ0v) is 16.3. The second-order valence-corrected chi connectivity index (χ2v) is 9.88. The van der Waals surface area contributed by atoms with E-state index in [0.717, 1.165) is 18.4 Å². The standard InChI is InChI=1S/C18H25N3O5S/c1-12(2)27(24,25)9-8-20-18(23)17-16(13-4-3-7-19-10-13)21(14-5-6-14)15(22)11-26-17/h3-4,7,10,12,14,16-17H,5-6,8-9,11H2,1-2H3,(H,20,23)/t16-,17+/m1/s1. The van der Waals surface area contributed by atoms with E-state index in [1.807, 2.05) is 6.07 Å². The molecule has 2 heterocycles. The average Bonchev–Trinajstić information content (AvgIpc) is 3.46. The maximum Gasteiger partial charge on any atom is 0.251 e. The Morgan fingerprint density at radius 3 is 2.74 bits per heavy atom. The zero-order chi connectivity index (χ0) is 19.6. The fraction of sp³-hybridized carbons (Fsp3) is 0.611. The third-order valence-corrected chi connectivity index (χ3v) is 7.10. The number of pyridine rings is 1. The molecule has 2 aliphatic rings. The third kappa shape index (κ3) is 4.47. The normalized spacial score (nSPS) is 23.5. The second kappa shape index (κ2) is 7.93. The van der Waals surface area contributed by atoms with Crippen LogP contribution in [0.15, 0.2) is 24.5 Å². The number of nitrogens with zero attached hydrogens (tertiary/aromatic N) is 2. The molecule has 27 heavy (non-hydrogen) atoms. The van der Waals surface area contributed by atoms with E-state index < -0.39 is 33.1 Å². The summed E-state index contributed by atoms with van der Waals surface area (Å²) < 4.78 is 29.4. The van der Waals surface area contributed by atoms with Crippen molar-refractivity contribution < 1.29 is 22.7 Å². The van der Waals surface area contributed by atoms with Crippen LogP contribution in [-0.4, -0.2) is 66.4 Å². The average molecular weight is 395 g/mol. The molecule has 0 aromatic carbocycles. The van der Waals surface area contributed by atoms with Crippen molar-refractivity contribution in [3.63, 3.8) is 0 Å². The summed E-state index contributed by atoms with van der Waals surface area (Å²) in [5.74, 6) is -0.690. The van der Waals surface area contributed by atoms with Crippen LogP contribution in [-0.2, 0) is 24.2 Å². The van der Waals surface area contributed by atoms with E-state index in [9.17, 15) is 18.0 Å². The largest absolute Gasteiger partial charge is 0.356 e. The maximum absolute atomic E-state index is 12.7. The summed E-state index contributed by atoms with van der Waals surface area (Å²) in [6.45, 7) is 3.07. The van der Waals surface area contributed by atoms with Gasteiger partial charge in [-0.3, -0.25) is 14.6 Å². The van der Waals surface area contributed by atoms with Crippen molar-refractivity contribution in [3.8, 4) is 0 Å². The first-order valence-corrected chi connectivity index (χ1v) is 10.8. The molecule has 1 aliphatic carbocycles. The van der Waals surface area contributed by atoms with Crippen LogP contribution in [0.1, 0.15) is 38.3 Å². The topological polar surface area (TPSA) is 106 Å². The van der Waals surface area contributed by atoms with Crippen LogP contribution in [0.25, 0.3) is 0 Å². The van der Waals surface area contributed by atoms with Crippen molar-refractivity contribution in [1.82, 2.24) is 15.2 Å². The molecule has 0 radical (unpaired) electrons. The highest BCUT2D eigenvalue weighted by atomic mass is 32.2. The fourth-order valence-corrected chi connectivity index (χ4v) is 4.03. The van der Waals surface area contributed by atoms with Gasteiger partial charge in [0, 0.05) is 25.0 Å². The Kier molecular flexibility index (Phi) is 5.81. The number of carbonyl (C=O) groups excluding carboxylic acids is 2. The predicted octanol–water partition coefficient (Wildman–Crippen LogP) is 0.452. The molecule has 0 unspecified atom stereocenters. The number of ether oxygens (including phenoxy) is 1. The number of sulfone groups is 1. The highest BCUT2D eigenvalue weighted by Gasteiger charge is 2.47. The predicted molar refractivity (Wildman–Crippen MR) is 98.5 cm³/mol. The van der Waals surface area contributed by atoms with Crippen molar-refractivity contribution in [3.05, 3.63) is 30.1 Å². The summed E-state index contributed by atoms with van der Waals surface area (Å²) in [6, 6.07) is 3.12. The lowest BCUT2D eigenvalue weighted by Gasteiger charge is -2.40. The van der Waals surface area contributed by atoms with Gasteiger partial charge in [-0.05, 0) is 38.3 Å². The molecule has 3 rings (SSSR count). The van der Waals surface area contributed by atoms with Crippen molar-refractivity contribution in [2.24, 2.45) is 0 Å². The summed E-state index contributed by atoms with van der Waals surface area (Å²) in [5, 5.41) is 2.16. The summed E-state index contributed by atoms with van der Waals surface area (Å²) in [6.07, 6.45) is 4.18. The van der Waals surface area contributed by atoms with Gasteiger partial charge in [-0.25, -0.2) is 8.42 Å². The van der Waals surface area contributed by atoms with Crippen LogP contribution < -0.4 is 5.32 Å². The Morgan fingerprint density at radius 1 is 1.41 bits per heavy atom. The first kappa shape index (κ1) is 19.8. The minimum Gasteiger partial charge on any atom is -0.356 e. The summed E-state index contributed by atoms with van der Waals surface area (Å²) in [7, 11) is -3.24. The van der Waals surface area contributed by atoms with E-state index in [-0.39, 0.29) is 30.9 Å². The van der Waals surface area contributed by atoms with Crippen molar-refractivity contribution in [2.75, 3.05) is 18.9 Å². The summed E-state index contributed by atoms with van der Waals surface area (Å²) in [5.41, 5.74) is 0.729. The third-order valence-electron chi connectivity index (χ3n) is 4.89. The second-order valence-electron chi connectivity index (χ2n) is 7.20. The van der Waals surface area contributed by atoms with Gasteiger partial charge in [0.25, 0.3) is 5.91 Å². The Hall–Kier alpha value is -2.00. The molecule has 148 valence electrons. The molecule has 1 saturated carbocycles. The van der Waals surface area contributed by atoms with E-state index in [1.165, 1.54) is 0 Å². The Balaban J connectivity index is 1.75. The number of rotatable bonds is 7. The van der Waals surface area contributed by atoms with E-state index in [0.29, 0.717) is 0 Å². The molecular weight excluding hydrogens is 370 g/mol. The first-order valence-electron chi connectivity index (χ1n) is 9.13. The fourth-order valence-electron chi connectivity index (χ4n) is 3.17. The number of morpholine rings is 1. The van der Waals surface area contributed by atoms with Crippen molar-refractivity contribution in [1.29, 1.82) is 0 Å². The molecule has 1 aliphatic heterocycles. The van der Waals surface area contributed by atoms with Crippen LogP contribution >= 0.6 is 0 Å². The summed E-state index contributed by atoms with van der Waals surface area (Å²) in [4.78, 5) is 31.0. The van der Waals surface area contributed by atoms with Gasteiger partial charge >= 0.3 is 0 Å². The molecule has 1 saturated heterocycles. The van der Waals surface area contributed by atoms with Gasteiger partial charge in [-0.15, -0.1) is 0 Å². The van der Waals surface area contributed by atoms with Crippen LogP contribution in [0.5, 0.6) is 0 Å². The number of hydrogen-bond donors (Lipinski definition) is 1. The minimum absolute atomic E-state index is 0.0103. The lowest BCUT2D eigenvalue weighted by atomic mass is 9.98. The van der Waals surface area contributed by atoms with E-state index in [2.05, 4.69) is 10.3 Å². The van der Waals surface area contributed by atoms with Crippen LogP contribution in [0.4, 0.5) is 0 Å². The van der Waals surface area contributed by atoms with Gasteiger partial charge < -0.3 is 15.0 Å². The van der Waals surface area contributed by atoms with E-state index in [1.54, 1.807) is 37.2 Å². The number of carbonyl (C=O) groups is 2. The Bertz CT molecular complexity index is 792. The highest BCUT2D eigenvalue weighted by Crippen LogP contribution is 2.39. The molecule has 1 aromatic rings. The molecule has 8 nitrogen and oxygen atoms in total. The lowest BCUT2D eigenvalue weighted by molar-refractivity contribution is -0.165. The van der Waals surface area contributed by atoms with Crippen molar-refractivity contribution in [2.45, 2.75) is 50.1 Å². The summed E-state index contributed by atoms with van der Waals surface area (Å²) >= 11 is 0. The highest BCUT2D eigenvalue weighted by molar-refractivity contribution is 7.92. The van der Waals surface area contributed by atoms with Gasteiger partial charge in [0.05, 0.1) is 17.0 Å². The monoisotopic (exact) mass is 395 g/mol. The number of hydrogen-bond acceptors (Lipinski definition) is 6. The lowest BCUT2D eigenvalue weighted by Crippen LogP contribution is -2.55. The number of amides is 2. The molecule has 2 atom stereocenters. The molecule has 9 heteroatoms. The maximum atomic E-state index is 12.7. The van der Waals surface area contributed by atoms with Crippen LogP contribution in [0, 0.1) is 0 Å². The molecule has 0 spiro atoms. The smallest absolute Gasteiger partial charge is 0.251 e. The van der Waals surface area contributed by atoms with E-state index in [4.69, 9.17) is 4.74 Å². The molecule has 0 bridgehead atoms. The molecule has 2 amide bonds. The van der Waals surface area contributed by atoms with Gasteiger partial charge in [-0.2, -0.15) is 0 Å². The van der Waals surface area contributed by atoms with Crippen LogP contribution in [0.2, 0.25) is 0 Å². The van der Waals surface area contributed by atoms with Crippen LogP contribution in [0.3, 0.4) is 0 Å².